The van der Waals surface area contributed by atoms with Gasteiger partial charge in [0.25, 0.3) is 0 Å². The predicted octanol–water partition coefficient (Wildman–Crippen LogP) is -2.93. The Labute approximate surface area is 116 Å². The van der Waals surface area contributed by atoms with Crippen molar-refractivity contribution in [1.82, 2.24) is 0 Å². The average molecular weight is 294 g/mol. The Balaban J connectivity index is 0. The van der Waals surface area contributed by atoms with Gasteiger partial charge in [0.05, 0.1) is 27.6 Å². The Kier molecular flexibility index (Phi) is 9.51. The monoisotopic (exact) mass is 294 g/mol. The van der Waals surface area contributed by atoms with E-state index in [-0.39, 0.29) is 6.42 Å². The Hall–Kier alpha value is -1.71. The van der Waals surface area contributed by atoms with E-state index in [4.69, 9.17) is 21.1 Å². The number of carbonyl (C=O) groups is 3. The standard InChI is InChI=1S/C7H15NO3.C4H7NO4/c1-8(2,3)5-6(9)4-7(10)11;5-2(4(8)9)1-3(6)7/h6,9H,4-5H2,1-3H3;2H,1,5H2,(H,6,7)(H,8,9)/t6-;2-/m10/s1. The number of nitrogens with zero attached hydrogens (tertiary/aromatic N) is 1. The first-order chi connectivity index (χ1) is 8.85. The maximum absolute atomic E-state index is 10.0. The van der Waals surface area contributed by atoms with Crippen molar-refractivity contribution in [2.24, 2.45) is 5.73 Å². The van der Waals surface area contributed by atoms with Crippen molar-refractivity contribution in [3.63, 3.8) is 0 Å². The van der Waals surface area contributed by atoms with Gasteiger partial charge in [-0.2, -0.15) is 0 Å². The first-order valence-electron chi connectivity index (χ1n) is 5.73. The van der Waals surface area contributed by atoms with Crippen molar-refractivity contribution >= 4 is 17.9 Å². The van der Waals surface area contributed by atoms with Crippen LogP contribution in [0.3, 0.4) is 0 Å². The van der Waals surface area contributed by atoms with Crippen molar-refractivity contribution in [3.8, 4) is 0 Å². The second-order valence-corrected chi connectivity index (χ2v) is 5.25. The van der Waals surface area contributed by atoms with Crippen LogP contribution in [0.2, 0.25) is 0 Å². The number of aliphatic carboxylic acids is 3. The number of rotatable bonds is 7. The Morgan fingerprint density at radius 3 is 1.80 bits per heavy atom. The molecule has 0 radical (unpaired) electrons. The number of carbonyl (C=O) groups excluding carboxylic acids is 1. The summed E-state index contributed by atoms with van der Waals surface area (Å²) in [7, 11) is 5.66. The molecule has 0 aliphatic heterocycles. The van der Waals surface area contributed by atoms with Crippen molar-refractivity contribution < 1.29 is 39.3 Å². The van der Waals surface area contributed by atoms with Crippen molar-refractivity contribution in [3.05, 3.63) is 0 Å². The lowest BCUT2D eigenvalue weighted by atomic mass is 10.2. The topological polar surface area (TPSA) is 161 Å². The summed E-state index contributed by atoms with van der Waals surface area (Å²) in [6.45, 7) is 0.425. The van der Waals surface area contributed by atoms with Crippen LogP contribution in [-0.4, -0.2) is 77.5 Å². The van der Waals surface area contributed by atoms with Gasteiger partial charge in [-0.1, -0.05) is 0 Å². The Morgan fingerprint density at radius 1 is 1.15 bits per heavy atom. The van der Waals surface area contributed by atoms with Crippen molar-refractivity contribution in [2.45, 2.75) is 25.0 Å². The highest BCUT2D eigenvalue weighted by Gasteiger charge is 2.15. The zero-order valence-electron chi connectivity index (χ0n) is 11.8. The number of carboxylic acid groups (broad SMARTS) is 3. The molecule has 0 amide bonds. The minimum atomic E-state index is -1.29. The van der Waals surface area contributed by atoms with Crippen LogP contribution in [-0.2, 0) is 14.4 Å². The van der Waals surface area contributed by atoms with Crippen molar-refractivity contribution in [2.75, 3.05) is 27.7 Å². The SMILES string of the molecule is C[N+](C)(C)C[C@H](O)CC(=O)[O-].N[C@@H](CC(=O)O)C(=O)O. The molecule has 2 atom stereocenters. The molecule has 20 heavy (non-hydrogen) atoms. The molecule has 118 valence electrons. The molecular weight excluding hydrogens is 272 g/mol. The fourth-order valence-electron chi connectivity index (χ4n) is 1.16. The van der Waals surface area contributed by atoms with Gasteiger partial charge in [-0.05, 0) is 0 Å². The molecule has 0 spiro atoms. The summed E-state index contributed by atoms with van der Waals surface area (Å²) in [5.41, 5.74) is 4.84. The van der Waals surface area contributed by atoms with E-state index in [0.717, 1.165) is 0 Å². The second-order valence-electron chi connectivity index (χ2n) is 5.25. The van der Waals surface area contributed by atoms with E-state index in [1.165, 1.54) is 0 Å². The number of carboxylic acids is 3. The molecule has 0 heterocycles. The Morgan fingerprint density at radius 2 is 1.60 bits per heavy atom. The van der Waals surface area contributed by atoms with Crippen LogP contribution in [0.15, 0.2) is 0 Å². The smallest absolute Gasteiger partial charge is 0.321 e. The number of hydrogen-bond donors (Lipinski definition) is 4. The highest BCUT2D eigenvalue weighted by Crippen LogP contribution is 1.97. The molecule has 0 saturated carbocycles. The highest BCUT2D eigenvalue weighted by atomic mass is 16.4. The minimum Gasteiger partial charge on any atom is -0.550 e. The summed E-state index contributed by atoms with van der Waals surface area (Å²) in [5, 5.41) is 35.2. The molecule has 0 aliphatic carbocycles. The molecular formula is C11H22N2O7. The number of aliphatic hydroxyl groups excluding tert-OH is 1. The molecule has 0 rings (SSSR count). The molecule has 0 aromatic heterocycles. The summed E-state index contributed by atoms with van der Waals surface area (Å²) in [6, 6.07) is -1.29. The first kappa shape index (κ1) is 20.6. The average Bonchev–Trinajstić information content (AvgIpc) is 2.12. The molecule has 0 saturated heterocycles. The van der Waals surface area contributed by atoms with Crippen LogP contribution in [0.1, 0.15) is 12.8 Å². The van der Waals surface area contributed by atoms with E-state index in [0.29, 0.717) is 11.0 Å². The highest BCUT2D eigenvalue weighted by molar-refractivity contribution is 5.80. The molecule has 0 bridgehead atoms. The van der Waals surface area contributed by atoms with Crippen LogP contribution < -0.4 is 10.8 Å². The number of likely N-dealkylation sites (N-methyl/N-ethyl adjacent to an activating group) is 1. The number of nitrogens with two attached hydrogens (primary N) is 1. The van der Waals surface area contributed by atoms with Crippen LogP contribution >= 0.6 is 0 Å². The van der Waals surface area contributed by atoms with Gasteiger partial charge in [-0.25, -0.2) is 0 Å². The fourth-order valence-corrected chi connectivity index (χ4v) is 1.16. The maximum Gasteiger partial charge on any atom is 0.321 e. The van der Waals surface area contributed by atoms with E-state index < -0.39 is 36.5 Å². The minimum absolute atomic E-state index is 0.282. The van der Waals surface area contributed by atoms with Gasteiger partial charge in [-0.15, -0.1) is 0 Å². The number of aliphatic hydroxyl groups is 1. The zero-order valence-corrected chi connectivity index (χ0v) is 11.8. The van der Waals surface area contributed by atoms with Gasteiger partial charge in [0, 0.05) is 12.4 Å². The predicted molar refractivity (Wildman–Crippen MR) is 66.4 cm³/mol. The summed E-state index contributed by atoms with van der Waals surface area (Å²) >= 11 is 0. The van der Waals surface area contributed by atoms with Gasteiger partial charge in [0.15, 0.2) is 0 Å². The summed E-state index contributed by atoms with van der Waals surface area (Å²) in [6.07, 6.45) is -1.62. The lowest BCUT2D eigenvalue weighted by Crippen LogP contribution is -2.43. The van der Waals surface area contributed by atoms with E-state index >= 15 is 0 Å². The molecule has 9 nitrogen and oxygen atoms in total. The van der Waals surface area contributed by atoms with Gasteiger partial charge in [0.2, 0.25) is 0 Å². The normalized spacial score (nSPS) is 13.7. The maximum atomic E-state index is 10.0. The molecule has 0 aromatic rings. The molecule has 5 N–H and O–H groups in total. The summed E-state index contributed by atoms with van der Waals surface area (Å²) in [5.74, 6) is -3.70. The molecule has 0 fully saturated rings. The van der Waals surface area contributed by atoms with Gasteiger partial charge < -0.3 is 35.4 Å². The third-order valence-corrected chi connectivity index (χ3v) is 1.87. The number of quaternary nitrogens is 1. The van der Waals surface area contributed by atoms with Crippen LogP contribution in [0.5, 0.6) is 0 Å². The quantitative estimate of drug-likeness (QED) is 0.363. The number of hydrogen-bond acceptors (Lipinski definition) is 6. The van der Waals surface area contributed by atoms with E-state index in [1.807, 2.05) is 21.1 Å². The van der Waals surface area contributed by atoms with E-state index in [2.05, 4.69) is 0 Å². The van der Waals surface area contributed by atoms with E-state index in [1.54, 1.807) is 0 Å². The van der Waals surface area contributed by atoms with Gasteiger partial charge >= 0.3 is 11.9 Å². The lowest BCUT2D eigenvalue weighted by Gasteiger charge is -2.26. The third kappa shape index (κ3) is 16.3. The molecule has 0 aliphatic rings. The van der Waals surface area contributed by atoms with E-state index in [9.17, 15) is 19.5 Å². The summed E-state index contributed by atoms with van der Waals surface area (Å²) < 4.78 is 0.550. The molecule has 0 aromatic carbocycles. The van der Waals surface area contributed by atoms with Crippen LogP contribution in [0.25, 0.3) is 0 Å². The zero-order chi connectivity index (χ0) is 16.5. The molecule has 9 heteroatoms. The Bertz CT molecular complexity index is 338. The van der Waals surface area contributed by atoms with Crippen LogP contribution in [0, 0.1) is 0 Å². The lowest BCUT2D eigenvalue weighted by molar-refractivity contribution is -0.873. The van der Waals surface area contributed by atoms with Gasteiger partial charge in [0.1, 0.15) is 18.7 Å². The molecule has 0 unspecified atom stereocenters. The van der Waals surface area contributed by atoms with Crippen LogP contribution in [0.4, 0.5) is 0 Å². The summed E-state index contributed by atoms with van der Waals surface area (Å²) in [4.78, 5) is 29.6. The first-order valence-corrected chi connectivity index (χ1v) is 5.73. The van der Waals surface area contributed by atoms with Gasteiger partial charge in [-0.3, -0.25) is 9.59 Å². The van der Waals surface area contributed by atoms with Crippen molar-refractivity contribution in [1.29, 1.82) is 0 Å². The fraction of sp³-hybridized carbons (Fsp3) is 0.727. The second kappa shape index (κ2) is 9.23. The third-order valence-electron chi connectivity index (χ3n) is 1.87. The largest absolute Gasteiger partial charge is 0.550 e.